The van der Waals surface area contributed by atoms with Gasteiger partial charge in [-0.15, -0.1) is 0 Å². The van der Waals surface area contributed by atoms with Gasteiger partial charge in [-0.2, -0.15) is 0 Å². The molecule has 0 spiro atoms. The zero-order valence-electron chi connectivity index (χ0n) is 14.2. The zero-order valence-corrected chi connectivity index (χ0v) is 14.2. The van der Waals surface area contributed by atoms with E-state index in [9.17, 15) is 14.4 Å². The van der Waals surface area contributed by atoms with Crippen molar-refractivity contribution in [2.75, 3.05) is 11.9 Å². The number of carbonyl (C=O) groups excluding carboxylic acids is 3. The van der Waals surface area contributed by atoms with Crippen LogP contribution in [0.3, 0.4) is 0 Å². The van der Waals surface area contributed by atoms with Gasteiger partial charge in [0.1, 0.15) is 0 Å². The van der Waals surface area contributed by atoms with E-state index in [1.807, 2.05) is 25.1 Å². The Morgan fingerprint density at radius 3 is 2.64 bits per heavy atom. The summed E-state index contributed by atoms with van der Waals surface area (Å²) >= 11 is 0. The Kier molecular flexibility index (Phi) is 6.33. The van der Waals surface area contributed by atoms with Gasteiger partial charge >= 0.3 is 0 Å². The van der Waals surface area contributed by atoms with Gasteiger partial charge in [0.2, 0.25) is 11.8 Å². The van der Waals surface area contributed by atoms with Crippen LogP contribution in [0.4, 0.5) is 5.69 Å². The average Bonchev–Trinajstić information content (AvgIpc) is 3.09. The van der Waals surface area contributed by atoms with E-state index in [-0.39, 0.29) is 42.5 Å². The highest BCUT2D eigenvalue weighted by Gasteiger charge is 2.12. The molecule has 0 aliphatic carbocycles. The molecule has 0 saturated carbocycles. The molecule has 0 aliphatic rings. The SMILES string of the molecule is CC(=O)Nc1cccc(C(C)NC(=O)CCNC(=O)c2ccco2)c1. The highest BCUT2D eigenvalue weighted by Crippen LogP contribution is 2.17. The number of anilines is 1. The molecular weight excluding hydrogens is 322 g/mol. The molecule has 0 aliphatic heterocycles. The molecule has 0 saturated heterocycles. The van der Waals surface area contributed by atoms with E-state index in [1.54, 1.807) is 18.2 Å². The number of hydrogen-bond acceptors (Lipinski definition) is 4. The molecule has 1 aromatic carbocycles. The third-order valence-corrected chi connectivity index (χ3v) is 3.47. The molecule has 132 valence electrons. The maximum atomic E-state index is 12.0. The van der Waals surface area contributed by atoms with E-state index in [0.29, 0.717) is 5.69 Å². The first-order valence-corrected chi connectivity index (χ1v) is 7.94. The number of rotatable bonds is 7. The highest BCUT2D eigenvalue weighted by molar-refractivity contribution is 5.91. The summed E-state index contributed by atoms with van der Waals surface area (Å²) in [7, 11) is 0. The molecule has 1 aromatic heterocycles. The summed E-state index contributed by atoms with van der Waals surface area (Å²) in [6, 6.07) is 10.2. The van der Waals surface area contributed by atoms with Crippen molar-refractivity contribution in [2.45, 2.75) is 26.3 Å². The van der Waals surface area contributed by atoms with Gasteiger partial charge < -0.3 is 20.4 Å². The first-order valence-electron chi connectivity index (χ1n) is 7.94. The Morgan fingerprint density at radius 2 is 1.96 bits per heavy atom. The number of nitrogens with one attached hydrogen (secondary N) is 3. The van der Waals surface area contributed by atoms with Crippen LogP contribution in [0.15, 0.2) is 47.1 Å². The van der Waals surface area contributed by atoms with Gasteiger partial charge in [0.05, 0.1) is 12.3 Å². The van der Waals surface area contributed by atoms with E-state index in [0.717, 1.165) is 5.56 Å². The van der Waals surface area contributed by atoms with Crippen molar-refractivity contribution < 1.29 is 18.8 Å². The summed E-state index contributed by atoms with van der Waals surface area (Å²) in [6.07, 6.45) is 1.57. The largest absolute Gasteiger partial charge is 0.459 e. The fourth-order valence-corrected chi connectivity index (χ4v) is 2.27. The lowest BCUT2D eigenvalue weighted by Gasteiger charge is -2.15. The predicted octanol–water partition coefficient (Wildman–Crippen LogP) is 2.24. The van der Waals surface area contributed by atoms with Crippen LogP contribution in [-0.4, -0.2) is 24.3 Å². The summed E-state index contributed by atoms with van der Waals surface area (Å²) in [4.78, 5) is 34.8. The number of furan rings is 1. The van der Waals surface area contributed by atoms with Gasteiger partial charge in [-0.25, -0.2) is 0 Å². The van der Waals surface area contributed by atoms with Crippen LogP contribution < -0.4 is 16.0 Å². The maximum Gasteiger partial charge on any atom is 0.286 e. The van der Waals surface area contributed by atoms with Crippen LogP contribution in [0.1, 0.15) is 42.4 Å². The Hall–Kier alpha value is -3.09. The summed E-state index contributed by atoms with van der Waals surface area (Å²) in [6.45, 7) is 3.51. The van der Waals surface area contributed by atoms with Crippen LogP contribution in [-0.2, 0) is 9.59 Å². The number of carbonyl (C=O) groups is 3. The smallest absolute Gasteiger partial charge is 0.286 e. The molecule has 1 unspecified atom stereocenters. The van der Waals surface area contributed by atoms with E-state index < -0.39 is 0 Å². The summed E-state index contributed by atoms with van der Waals surface area (Å²) in [5, 5.41) is 8.18. The molecule has 0 fully saturated rings. The molecule has 3 N–H and O–H groups in total. The normalized spacial score (nSPS) is 11.4. The summed E-state index contributed by atoms with van der Waals surface area (Å²) < 4.78 is 4.97. The third kappa shape index (κ3) is 5.80. The average molecular weight is 343 g/mol. The van der Waals surface area contributed by atoms with Crippen molar-refractivity contribution >= 4 is 23.4 Å². The van der Waals surface area contributed by atoms with Crippen LogP contribution in [0.25, 0.3) is 0 Å². The van der Waals surface area contributed by atoms with Gasteiger partial charge in [-0.1, -0.05) is 12.1 Å². The molecular formula is C18H21N3O4. The van der Waals surface area contributed by atoms with Gasteiger partial charge in [-0.3, -0.25) is 14.4 Å². The molecule has 0 radical (unpaired) electrons. The fourth-order valence-electron chi connectivity index (χ4n) is 2.27. The maximum absolute atomic E-state index is 12.0. The number of amides is 3. The zero-order chi connectivity index (χ0) is 18.2. The van der Waals surface area contributed by atoms with Crippen molar-refractivity contribution in [3.05, 3.63) is 54.0 Å². The Morgan fingerprint density at radius 1 is 1.16 bits per heavy atom. The molecule has 7 nitrogen and oxygen atoms in total. The van der Waals surface area contributed by atoms with Gasteiger partial charge in [0, 0.05) is 25.6 Å². The van der Waals surface area contributed by atoms with Crippen LogP contribution >= 0.6 is 0 Å². The second-order valence-electron chi connectivity index (χ2n) is 5.58. The molecule has 1 atom stereocenters. The van der Waals surface area contributed by atoms with E-state index in [2.05, 4.69) is 16.0 Å². The Bertz CT molecular complexity index is 741. The van der Waals surface area contributed by atoms with Crippen LogP contribution in [0.2, 0.25) is 0 Å². The minimum Gasteiger partial charge on any atom is -0.459 e. The van der Waals surface area contributed by atoms with E-state index in [4.69, 9.17) is 4.42 Å². The van der Waals surface area contributed by atoms with Gasteiger partial charge in [0.15, 0.2) is 5.76 Å². The quantitative estimate of drug-likeness (QED) is 0.718. The van der Waals surface area contributed by atoms with E-state index >= 15 is 0 Å². The van der Waals surface area contributed by atoms with Gasteiger partial charge in [-0.05, 0) is 36.8 Å². The molecule has 7 heteroatoms. The van der Waals surface area contributed by atoms with Crippen molar-refractivity contribution in [2.24, 2.45) is 0 Å². The lowest BCUT2D eigenvalue weighted by molar-refractivity contribution is -0.121. The standard InChI is InChI=1S/C18H21N3O4/c1-12(14-5-3-6-15(11-14)21-13(2)22)20-17(23)8-9-19-18(24)16-7-4-10-25-16/h3-7,10-12H,8-9H2,1-2H3,(H,19,24)(H,20,23)(H,21,22). The molecule has 2 aromatic rings. The Labute approximate surface area is 145 Å². The number of hydrogen-bond donors (Lipinski definition) is 3. The second kappa shape index (κ2) is 8.68. The molecule has 3 amide bonds. The van der Waals surface area contributed by atoms with Crippen molar-refractivity contribution in [1.82, 2.24) is 10.6 Å². The summed E-state index contributed by atoms with van der Waals surface area (Å²) in [5.41, 5.74) is 1.55. The lowest BCUT2D eigenvalue weighted by Crippen LogP contribution is -2.32. The second-order valence-corrected chi connectivity index (χ2v) is 5.58. The summed E-state index contributed by atoms with van der Waals surface area (Å²) in [5.74, 6) is -0.476. The van der Waals surface area contributed by atoms with Crippen molar-refractivity contribution in [1.29, 1.82) is 0 Å². The first-order chi connectivity index (χ1) is 12.0. The van der Waals surface area contributed by atoms with Crippen LogP contribution in [0, 0.1) is 0 Å². The minimum atomic E-state index is -0.353. The lowest BCUT2D eigenvalue weighted by atomic mass is 10.1. The third-order valence-electron chi connectivity index (χ3n) is 3.47. The molecule has 1 heterocycles. The predicted molar refractivity (Wildman–Crippen MR) is 93.0 cm³/mol. The van der Waals surface area contributed by atoms with Crippen molar-refractivity contribution in [3.8, 4) is 0 Å². The van der Waals surface area contributed by atoms with Crippen LogP contribution in [0.5, 0.6) is 0 Å². The fraction of sp³-hybridized carbons (Fsp3) is 0.278. The molecule has 2 rings (SSSR count). The minimum absolute atomic E-state index is 0.152. The molecule has 0 bridgehead atoms. The van der Waals surface area contributed by atoms with E-state index in [1.165, 1.54) is 13.2 Å². The van der Waals surface area contributed by atoms with Crippen molar-refractivity contribution in [3.63, 3.8) is 0 Å². The topological polar surface area (TPSA) is 100 Å². The van der Waals surface area contributed by atoms with Gasteiger partial charge in [0.25, 0.3) is 5.91 Å². The molecule has 25 heavy (non-hydrogen) atoms. The highest BCUT2D eigenvalue weighted by atomic mass is 16.3. The Balaban J connectivity index is 1.79. The number of benzene rings is 1. The monoisotopic (exact) mass is 343 g/mol. The first kappa shape index (κ1) is 18.3.